The zero-order chi connectivity index (χ0) is 17.6. The molecule has 2 saturated heterocycles. The Labute approximate surface area is 145 Å². The summed E-state index contributed by atoms with van der Waals surface area (Å²) < 4.78 is 23.5. The maximum Gasteiger partial charge on any atom is 0.260 e. The lowest BCUT2D eigenvalue weighted by Gasteiger charge is -2.37. The average molecular weight is 351 g/mol. The van der Waals surface area contributed by atoms with Gasteiger partial charge in [-0.25, -0.2) is 4.39 Å². The van der Waals surface area contributed by atoms with Crippen molar-refractivity contribution in [3.8, 4) is 5.75 Å². The number of hydrogen-bond donors (Lipinski definition) is 1. The number of carbonyl (C=O) groups excluding carboxylic acids is 2. The third kappa shape index (κ3) is 4.67. The van der Waals surface area contributed by atoms with Crippen molar-refractivity contribution < 1.29 is 23.5 Å². The van der Waals surface area contributed by atoms with Gasteiger partial charge in [0, 0.05) is 32.7 Å². The summed E-state index contributed by atoms with van der Waals surface area (Å²) in [6.45, 7) is 3.55. The van der Waals surface area contributed by atoms with Crippen molar-refractivity contribution in [1.82, 2.24) is 15.1 Å². The second-order valence-corrected chi connectivity index (χ2v) is 6.03. The first-order valence-electron chi connectivity index (χ1n) is 8.39. The highest BCUT2D eigenvalue weighted by Gasteiger charge is 2.30. The Morgan fingerprint density at radius 3 is 2.48 bits per heavy atom. The lowest BCUT2D eigenvalue weighted by Crippen LogP contribution is -2.58. The van der Waals surface area contributed by atoms with E-state index < -0.39 is 0 Å². The maximum absolute atomic E-state index is 12.8. The number of piperazine rings is 1. The zero-order valence-electron chi connectivity index (χ0n) is 13.9. The molecule has 0 aromatic heterocycles. The van der Waals surface area contributed by atoms with Gasteiger partial charge in [0.25, 0.3) is 5.91 Å². The van der Waals surface area contributed by atoms with Crippen molar-refractivity contribution in [2.24, 2.45) is 0 Å². The van der Waals surface area contributed by atoms with Crippen molar-refractivity contribution in [2.75, 3.05) is 52.5 Å². The van der Waals surface area contributed by atoms with Crippen LogP contribution in [-0.2, 0) is 14.3 Å². The molecule has 136 valence electrons. The number of carbonyl (C=O) groups is 2. The Bertz CT molecular complexity index is 596. The number of rotatable bonds is 4. The second kappa shape index (κ2) is 8.26. The molecule has 2 amide bonds. The van der Waals surface area contributed by atoms with E-state index in [4.69, 9.17) is 9.47 Å². The number of ether oxygens (including phenoxy) is 2. The highest BCUT2D eigenvalue weighted by atomic mass is 19.1. The van der Waals surface area contributed by atoms with Gasteiger partial charge in [0.05, 0.1) is 13.2 Å². The van der Waals surface area contributed by atoms with E-state index >= 15 is 0 Å². The molecule has 0 bridgehead atoms. The number of hydrogen-bond acceptors (Lipinski definition) is 5. The molecule has 25 heavy (non-hydrogen) atoms. The molecule has 0 saturated carbocycles. The molecule has 2 aliphatic rings. The number of nitrogens with zero attached hydrogens (tertiary/aromatic N) is 2. The quantitative estimate of drug-likeness (QED) is 0.818. The first-order valence-corrected chi connectivity index (χ1v) is 8.39. The van der Waals surface area contributed by atoms with Crippen LogP contribution in [0.2, 0.25) is 0 Å². The Kier molecular flexibility index (Phi) is 5.83. The number of benzene rings is 1. The molecular weight excluding hydrogens is 329 g/mol. The number of morpholine rings is 1. The van der Waals surface area contributed by atoms with Crippen LogP contribution < -0.4 is 10.1 Å². The Morgan fingerprint density at radius 1 is 1.16 bits per heavy atom. The van der Waals surface area contributed by atoms with Crippen LogP contribution in [0, 0.1) is 5.82 Å². The number of halogens is 1. The van der Waals surface area contributed by atoms with E-state index in [2.05, 4.69) is 5.32 Å². The van der Waals surface area contributed by atoms with Gasteiger partial charge in [-0.15, -0.1) is 0 Å². The predicted molar refractivity (Wildman–Crippen MR) is 87.7 cm³/mol. The normalized spacial score (nSPS) is 21.1. The topological polar surface area (TPSA) is 71.1 Å². The minimum Gasteiger partial charge on any atom is -0.484 e. The summed E-state index contributed by atoms with van der Waals surface area (Å²) in [6, 6.07) is 5.25. The van der Waals surface area contributed by atoms with Gasteiger partial charge in [-0.2, -0.15) is 0 Å². The first kappa shape index (κ1) is 17.6. The van der Waals surface area contributed by atoms with Gasteiger partial charge >= 0.3 is 0 Å². The summed E-state index contributed by atoms with van der Waals surface area (Å²) in [6.07, 6.45) is 0. The number of nitrogens with one attached hydrogen (secondary N) is 1. The van der Waals surface area contributed by atoms with E-state index in [1.807, 2.05) is 0 Å². The lowest BCUT2D eigenvalue weighted by molar-refractivity contribution is -0.143. The fraction of sp³-hybridized carbons (Fsp3) is 0.529. The van der Waals surface area contributed by atoms with Gasteiger partial charge in [0.15, 0.2) is 6.61 Å². The van der Waals surface area contributed by atoms with Crippen LogP contribution in [0.3, 0.4) is 0 Å². The zero-order valence-corrected chi connectivity index (χ0v) is 13.9. The molecule has 2 aliphatic heterocycles. The third-order valence-corrected chi connectivity index (χ3v) is 4.34. The van der Waals surface area contributed by atoms with Crippen LogP contribution in [-0.4, -0.2) is 80.2 Å². The summed E-state index contributed by atoms with van der Waals surface area (Å²) in [5.74, 6) is -0.0193. The third-order valence-electron chi connectivity index (χ3n) is 4.34. The van der Waals surface area contributed by atoms with E-state index in [0.717, 1.165) is 0 Å². The minimum atomic E-state index is -0.350. The molecule has 0 spiro atoms. The highest BCUT2D eigenvalue weighted by molar-refractivity contribution is 5.83. The first-order chi connectivity index (χ1) is 12.1. The van der Waals surface area contributed by atoms with E-state index in [9.17, 15) is 14.0 Å². The van der Waals surface area contributed by atoms with Crippen LogP contribution in [0.25, 0.3) is 0 Å². The smallest absolute Gasteiger partial charge is 0.260 e. The predicted octanol–water partition coefficient (Wildman–Crippen LogP) is -0.136. The fourth-order valence-electron chi connectivity index (χ4n) is 2.89. The van der Waals surface area contributed by atoms with E-state index in [1.54, 1.807) is 9.80 Å². The molecule has 0 aliphatic carbocycles. The van der Waals surface area contributed by atoms with E-state index in [1.165, 1.54) is 24.3 Å². The van der Waals surface area contributed by atoms with Crippen molar-refractivity contribution in [3.63, 3.8) is 0 Å². The van der Waals surface area contributed by atoms with Gasteiger partial charge < -0.3 is 24.6 Å². The van der Waals surface area contributed by atoms with Gasteiger partial charge in [-0.1, -0.05) is 0 Å². The Balaban J connectivity index is 1.42. The SMILES string of the molecule is O=C(COc1ccc(F)cc1)N1CCN(C(=O)C2COCCN2)CC1. The molecular formula is C17H22FN3O4. The Morgan fingerprint density at radius 2 is 1.84 bits per heavy atom. The Hall–Kier alpha value is -2.19. The molecule has 1 aromatic rings. The molecule has 1 unspecified atom stereocenters. The lowest BCUT2D eigenvalue weighted by atomic mass is 10.2. The van der Waals surface area contributed by atoms with Crippen molar-refractivity contribution in [1.29, 1.82) is 0 Å². The largest absolute Gasteiger partial charge is 0.484 e. The molecule has 7 nitrogen and oxygen atoms in total. The summed E-state index contributed by atoms with van der Waals surface area (Å²) in [7, 11) is 0. The maximum atomic E-state index is 12.8. The van der Waals surface area contributed by atoms with Crippen molar-refractivity contribution in [2.45, 2.75) is 6.04 Å². The van der Waals surface area contributed by atoms with Crippen LogP contribution in [0.15, 0.2) is 24.3 Å². The summed E-state index contributed by atoms with van der Waals surface area (Å²) in [5, 5.41) is 3.15. The molecule has 8 heteroatoms. The van der Waals surface area contributed by atoms with E-state index in [0.29, 0.717) is 51.7 Å². The van der Waals surface area contributed by atoms with E-state index in [-0.39, 0.29) is 30.3 Å². The van der Waals surface area contributed by atoms with Crippen LogP contribution >= 0.6 is 0 Å². The van der Waals surface area contributed by atoms with Crippen molar-refractivity contribution in [3.05, 3.63) is 30.1 Å². The standard InChI is InChI=1S/C17H22FN3O4/c18-13-1-3-14(4-2-13)25-12-16(22)20-6-8-21(9-7-20)17(23)15-11-24-10-5-19-15/h1-4,15,19H,5-12H2. The molecule has 1 N–H and O–H groups in total. The summed E-state index contributed by atoms with van der Waals surface area (Å²) in [5.41, 5.74) is 0. The van der Waals surface area contributed by atoms with Gasteiger partial charge in [0.2, 0.25) is 5.91 Å². The molecule has 1 atom stereocenters. The van der Waals surface area contributed by atoms with Gasteiger partial charge in [-0.3, -0.25) is 9.59 Å². The molecule has 3 rings (SSSR count). The molecule has 1 aromatic carbocycles. The van der Waals surface area contributed by atoms with Crippen LogP contribution in [0.1, 0.15) is 0 Å². The monoisotopic (exact) mass is 351 g/mol. The van der Waals surface area contributed by atoms with Crippen LogP contribution in [0.5, 0.6) is 5.75 Å². The molecule has 2 heterocycles. The van der Waals surface area contributed by atoms with Crippen molar-refractivity contribution >= 4 is 11.8 Å². The summed E-state index contributed by atoms with van der Waals surface area (Å²) in [4.78, 5) is 28.0. The number of amides is 2. The summed E-state index contributed by atoms with van der Waals surface area (Å²) >= 11 is 0. The van der Waals surface area contributed by atoms with Crippen LogP contribution in [0.4, 0.5) is 4.39 Å². The fourth-order valence-corrected chi connectivity index (χ4v) is 2.89. The molecule has 2 fully saturated rings. The van der Waals surface area contributed by atoms with Gasteiger partial charge in [-0.05, 0) is 24.3 Å². The average Bonchev–Trinajstić information content (AvgIpc) is 2.67. The van der Waals surface area contributed by atoms with Gasteiger partial charge in [0.1, 0.15) is 17.6 Å². The highest BCUT2D eigenvalue weighted by Crippen LogP contribution is 2.12. The minimum absolute atomic E-state index is 0.0226. The second-order valence-electron chi connectivity index (χ2n) is 6.03. The molecule has 0 radical (unpaired) electrons.